The number of nitrogens with two attached hydrogens (primary N) is 1. The van der Waals surface area contributed by atoms with Gasteiger partial charge >= 0.3 is 0 Å². The molecule has 1 aliphatic carbocycles. The summed E-state index contributed by atoms with van der Waals surface area (Å²) >= 11 is 0. The SMILES string of the molecule is COc1ccc(CCCN(C)C(=O)C2(N)CC2)cc1.Cl. The number of halogens is 1. The van der Waals surface area contributed by atoms with Crippen molar-refractivity contribution in [3.8, 4) is 5.75 Å². The molecule has 112 valence electrons. The Morgan fingerprint density at radius 2 is 1.95 bits per heavy atom. The third-order valence-corrected chi connectivity index (χ3v) is 3.68. The Morgan fingerprint density at radius 3 is 2.45 bits per heavy atom. The van der Waals surface area contributed by atoms with E-state index in [0.717, 1.165) is 38.0 Å². The Balaban J connectivity index is 0.00000200. The minimum atomic E-state index is -0.547. The predicted octanol–water partition coefficient (Wildman–Crippen LogP) is 2.00. The van der Waals surface area contributed by atoms with Gasteiger partial charge in [-0.15, -0.1) is 12.4 Å². The van der Waals surface area contributed by atoms with Gasteiger partial charge in [0.05, 0.1) is 12.6 Å². The van der Waals surface area contributed by atoms with Gasteiger partial charge in [0.2, 0.25) is 5.91 Å². The van der Waals surface area contributed by atoms with E-state index in [1.807, 2.05) is 19.2 Å². The number of carbonyl (C=O) groups is 1. The molecule has 0 bridgehead atoms. The molecule has 0 heterocycles. The molecule has 0 saturated heterocycles. The van der Waals surface area contributed by atoms with E-state index >= 15 is 0 Å². The Morgan fingerprint density at radius 1 is 1.35 bits per heavy atom. The maximum absolute atomic E-state index is 11.9. The molecule has 1 aliphatic rings. The summed E-state index contributed by atoms with van der Waals surface area (Å²) in [5.74, 6) is 0.956. The molecule has 4 nitrogen and oxygen atoms in total. The number of methoxy groups -OCH3 is 1. The number of rotatable bonds is 6. The second-order valence-corrected chi connectivity index (χ2v) is 5.33. The van der Waals surface area contributed by atoms with E-state index in [-0.39, 0.29) is 18.3 Å². The fourth-order valence-electron chi connectivity index (χ4n) is 2.14. The Kier molecular flexibility index (Phi) is 5.84. The van der Waals surface area contributed by atoms with Crippen molar-refractivity contribution in [2.45, 2.75) is 31.2 Å². The molecule has 5 heteroatoms. The van der Waals surface area contributed by atoms with Crippen molar-refractivity contribution in [2.24, 2.45) is 5.73 Å². The zero-order valence-electron chi connectivity index (χ0n) is 12.1. The highest BCUT2D eigenvalue weighted by atomic mass is 35.5. The van der Waals surface area contributed by atoms with Crippen LogP contribution >= 0.6 is 12.4 Å². The van der Waals surface area contributed by atoms with E-state index < -0.39 is 5.54 Å². The molecule has 0 aliphatic heterocycles. The first-order valence-electron chi connectivity index (χ1n) is 6.72. The maximum Gasteiger partial charge on any atom is 0.242 e. The Hall–Kier alpha value is -1.26. The smallest absolute Gasteiger partial charge is 0.242 e. The van der Waals surface area contributed by atoms with Crippen LogP contribution < -0.4 is 10.5 Å². The second-order valence-electron chi connectivity index (χ2n) is 5.33. The third-order valence-electron chi connectivity index (χ3n) is 3.68. The van der Waals surface area contributed by atoms with Crippen LogP contribution in [-0.2, 0) is 11.2 Å². The summed E-state index contributed by atoms with van der Waals surface area (Å²) in [7, 11) is 3.50. The number of aryl methyl sites for hydroxylation is 1. The highest BCUT2D eigenvalue weighted by Crippen LogP contribution is 2.33. The molecule has 0 unspecified atom stereocenters. The van der Waals surface area contributed by atoms with Crippen LogP contribution in [0.25, 0.3) is 0 Å². The lowest BCUT2D eigenvalue weighted by molar-refractivity contribution is -0.132. The lowest BCUT2D eigenvalue weighted by atomic mass is 10.1. The zero-order chi connectivity index (χ0) is 13.9. The molecular weight excluding hydrogens is 276 g/mol. The van der Waals surface area contributed by atoms with Gasteiger partial charge in [0.25, 0.3) is 0 Å². The summed E-state index contributed by atoms with van der Waals surface area (Å²) in [5.41, 5.74) is 6.61. The molecule has 20 heavy (non-hydrogen) atoms. The summed E-state index contributed by atoms with van der Waals surface area (Å²) in [6.07, 6.45) is 3.56. The van der Waals surface area contributed by atoms with E-state index in [4.69, 9.17) is 10.5 Å². The molecule has 1 fully saturated rings. The fourth-order valence-corrected chi connectivity index (χ4v) is 2.14. The van der Waals surface area contributed by atoms with Crippen LogP contribution in [0.3, 0.4) is 0 Å². The summed E-state index contributed by atoms with van der Waals surface area (Å²) in [5, 5.41) is 0. The fraction of sp³-hybridized carbons (Fsp3) is 0.533. The van der Waals surface area contributed by atoms with Crippen LogP contribution in [0.5, 0.6) is 5.75 Å². The molecule has 1 saturated carbocycles. The largest absolute Gasteiger partial charge is 0.497 e. The number of hydrogen-bond acceptors (Lipinski definition) is 3. The zero-order valence-corrected chi connectivity index (χ0v) is 12.9. The van der Waals surface area contributed by atoms with Crippen LogP contribution in [0, 0.1) is 0 Å². The average Bonchev–Trinajstić information content (AvgIpc) is 3.18. The van der Waals surface area contributed by atoms with Crippen molar-refractivity contribution in [1.82, 2.24) is 4.90 Å². The summed E-state index contributed by atoms with van der Waals surface area (Å²) in [4.78, 5) is 13.7. The molecule has 0 atom stereocenters. The van der Waals surface area contributed by atoms with E-state index in [2.05, 4.69) is 12.1 Å². The second kappa shape index (κ2) is 6.95. The number of hydrogen-bond donors (Lipinski definition) is 1. The van der Waals surface area contributed by atoms with Gasteiger partial charge in [0.1, 0.15) is 5.75 Å². The summed E-state index contributed by atoms with van der Waals surface area (Å²) in [6.45, 7) is 0.754. The number of amides is 1. The van der Waals surface area contributed by atoms with Crippen LogP contribution in [-0.4, -0.2) is 37.0 Å². The number of ether oxygens (including phenoxy) is 1. The molecule has 0 spiro atoms. The number of carbonyl (C=O) groups excluding carboxylic acids is 1. The maximum atomic E-state index is 11.9. The lowest BCUT2D eigenvalue weighted by Gasteiger charge is -2.20. The molecule has 0 aromatic heterocycles. The molecule has 0 radical (unpaired) electrons. The van der Waals surface area contributed by atoms with E-state index in [1.54, 1.807) is 12.0 Å². The van der Waals surface area contributed by atoms with Crippen LogP contribution in [0.4, 0.5) is 0 Å². The molecule has 1 aromatic carbocycles. The van der Waals surface area contributed by atoms with Gasteiger partial charge in [-0.25, -0.2) is 0 Å². The van der Waals surface area contributed by atoms with Crippen molar-refractivity contribution in [3.63, 3.8) is 0 Å². The van der Waals surface area contributed by atoms with Gasteiger partial charge < -0.3 is 15.4 Å². The first-order valence-corrected chi connectivity index (χ1v) is 6.72. The predicted molar refractivity (Wildman–Crippen MR) is 82.4 cm³/mol. The van der Waals surface area contributed by atoms with E-state index in [1.165, 1.54) is 5.56 Å². The van der Waals surface area contributed by atoms with Gasteiger partial charge in [-0.3, -0.25) is 4.79 Å². The van der Waals surface area contributed by atoms with Crippen LogP contribution in [0.1, 0.15) is 24.8 Å². The Labute approximate surface area is 126 Å². The van der Waals surface area contributed by atoms with Gasteiger partial charge in [-0.2, -0.15) is 0 Å². The van der Waals surface area contributed by atoms with E-state index in [0.29, 0.717) is 0 Å². The molecule has 1 aromatic rings. The summed E-state index contributed by atoms with van der Waals surface area (Å²) < 4.78 is 5.12. The first-order chi connectivity index (χ1) is 9.05. The summed E-state index contributed by atoms with van der Waals surface area (Å²) in [6, 6.07) is 8.05. The normalized spacial score (nSPS) is 15.2. The lowest BCUT2D eigenvalue weighted by Crippen LogP contribution is -2.44. The van der Waals surface area contributed by atoms with Gasteiger partial charge in [-0.1, -0.05) is 12.1 Å². The van der Waals surface area contributed by atoms with Crippen molar-refractivity contribution >= 4 is 18.3 Å². The van der Waals surface area contributed by atoms with Gasteiger partial charge in [0, 0.05) is 13.6 Å². The van der Waals surface area contributed by atoms with Gasteiger partial charge in [-0.05, 0) is 43.4 Å². The van der Waals surface area contributed by atoms with Gasteiger partial charge in [0.15, 0.2) is 0 Å². The average molecular weight is 299 g/mol. The topological polar surface area (TPSA) is 55.6 Å². The monoisotopic (exact) mass is 298 g/mol. The molecule has 2 N–H and O–H groups in total. The minimum Gasteiger partial charge on any atom is -0.497 e. The number of benzene rings is 1. The minimum absolute atomic E-state index is 0. The Bertz CT molecular complexity index is 444. The number of nitrogens with zero attached hydrogens (tertiary/aromatic N) is 1. The van der Waals surface area contributed by atoms with Crippen molar-refractivity contribution < 1.29 is 9.53 Å². The van der Waals surface area contributed by atoms with Crippen molar-refractivity contribution in [2.75, 3.05) is 20.7 Å². The first kappa shape index (κ1) is 16.8. The van der Waals surface area contributed by atoms with Crippen LogP contribution in [0.2, 0.25) is 0 Å². The quantitative estimate of drug-likeness (QED) is 0.874. The highest BCUT2D eigenvalue weighted by molar-refractivity contribution is 5.88. The standard InChI is InChI=1S/C15H22N2O2.ClH/c1-17(14(18)15(16)9-10-15)11-3-4-12-5-7-13(19-2)8-6-12;/h5-8H,3-4,9-11,16H2,1-2H3;1H. The highest BCUT2D eigenvalue weighted by Gasteiger charge is 2.47. The van der Waals surface area contributed by atoms with Crippen LogP contribution in [0.15, 0.2) is 24.3 Å². The van der Waals surface area contributed by atoms with Crippen molar-refractivity contribution in [1.29, 1.82) is 0 Å². The van der Waals surface area contributed by atoms with Crippen molar-refractivity contribution in [3.05, 3.63) is 29.8 Å². The molecular formula is C15H23ClN2O2. The number of likely N-dealkylation sites (N-methyl/N-ethyl adjacent to an activating group) is 1. The molecule has 1 amide bonds. The molecule has 2 rings (SSSR count). The van der Waals surface area contributed by atoms with E-state index in [9.17, 15) is 4.79 Å². The third kappa shape index (κ3) is 4.12.